The lowest BCUT2D eigenvalue weighted by Gasteiger charge is -2.27. The molecule has 0 rings (SSSR count). The van der Waals surface area contributed by atoms with Crippen molar-refractivity contribution < 1.29 is 9.59 Å². The summed E-state index contributed by atoms with van der Waals surface area (Å²) in [6.07, 6.45) is 3.79. The van der Waals surface area contributed by atoms with E-state index < -0.39 is 0 Å². The quantitative estimate of drug-likeness (QED) is 0.275. The lowest BCUT2D eigenvalue weighted by molar-refractivity contribution is -0.124. The molecule has 22 heavy (non-hydrogen) atoms. The van der Waals surface area contributed by atoms with Gasteiger partial charge in [-0.3, -0.25) is 9.59 Å². The minimum Gasteiger partial charge on any atom is -0.364 e. The number of hydrogen-bond donors (Lipinski definition) is 2. The molecule has 0 saturated carbocycles. The van der Waals surface area contributed by atoms with Gasteiger partial charge in [0.2, 0.25) is 0 Å². The Bertz CT molecular complexity index is 356. The molecule has 0 bridgehead atoms. The number of nitrogens with one attached hydrogen (secondary N) is 2. The Morgan fingerprint density at radius 3 is 1.41 bits per heavy atom. The molecular formula is C16H32N4O2. The maximum Gasteiger partial charge on any atom is 0.260 e. The molecule has 0 atom stereocenters. The average molecular weight is 312 g/mol. The molecule has 0 aromatic rings. The Labute approximate surface area is 134 Å². The standard InChI is InChI=1S/C16H32N4O2/c1-7-9-11-17-14(21)13(15(22)18-12-10-8-2)16(19(3)4)20(5)6/h7-12H2,1-6H3,(H,17,21)(H,18,22). The Morgan fingerprint density at radius 2 is 1.14 bits per heavy atom. The summed E-state index contributed by atoms with van der Waals surface area (Å²) in [6.45, 7) is 5.28. The van der Waals surface area contributed by atoms with Crippen LogP contribution in [0, 0.1) is 0 Å². The average Bonchev–Trinajstić information content (AvgIpc) is 2.43. The van der Waals surface area contributed by atoms with Gasteiger partial charge in [0.25, 0.3) is 11.8 Å². The Balaban J connectivity index is 5.32. The van der Waals surface area contributed by atoms with Crippen molar-refractivity contribution in [3.63, 3.8) is 0 Å². The van der Waals surface area contributed by atoms with Crippen molar-refractivity contribution in [2.24, 2.45) is 0 Å². The van der Waals surface area contributed by atoms with Crippen molar-refractivity contribution in [3.8, 4) is 0 Å². The predicted octanol–water partition coefficient (Wildman–Crippen LogP) is 1.15. The highest BCUT2D eigenvalue weighted by atomic mass is 16.2. The SMILES string of the molecule is CCCCNC(=O)C(C(=O)NCCCC)=C(N(C)C)N(C)C. The Morgan fingerprint density at radius 1 is 0.773 bits per heavy atom. The van der Waals surface area contributed by atoms with Crippen LogP contribution in [-0.2, 0) is 9.59 Å². The Hall–Kier alpha value is -1.72. The fourth-order valence-corrected chi connectivity index (χ4v) is 2.09. The molecule has 0 spiro atoms. The molecule has 6 heteroatoms. The number of rotatable bonds is 10. The van der Waals surface area contributed by atoms with Crippen LogP contribution in [0.15, 0.2) is 11.4 Å². The number of unbranched alkanes of at least 4 members (excludes halogenated alkanes) is 2. The molecular weight excluding hydrogens is 280 g/mol. The third kappa shape index (κ3) is 6.83. The van der Waals surface area contributed by atoms with Gasteiger partial charge in [-0.25, -0.2) is 0 Å². The largest absolute Gasteiger partial charge is 0.364 e. The molecule has 2 amide bonds. The number of hydrogen-bond acceptors (Lipinski definition) is 4. The first-order chi connectivity index (χ1) is 10.4. The molecule has 0 fully saturated rings. The van der Waals surface area contributed by atoms with E-state index >= 15 is 0 Å². The number of amides is 2. The molecule has 0 aliphatic rings. The maximum absolute atomic E-state index is 12.5. The number of nitrogens with zero attached hydrogens (tertiary/aromatic N) is 2. The topological polar surface area (TPSA) is 64.7 Å². The van der Waals surface area contributed by atoms with Crippen molar-refractivity contribution >= 4 is 11.8 Å². The first-order valence-electron chi connectivity index (χ1n) is 8.02. The van der Waals surface area contributed by atoms with Crippen LogP contribution in [0.2, 0.25) is 0 Å². The van der Waals surface area contributed by atoms with E-state index in [1.807, 2.05) is 28.2 Å². The summed E-state index contributed by atoms with van der Waals surface area (Å²) in [7, 11) is 7.31. The van der Waals surface area contributed by atoms with Gasteiger partial charge in [0.15, 0.2) is 0 Å². The predicted molar refractivity (Wildman–Crippen MR) is 90.2 cm³/mol. The van der Waals surface area contributed by atoms with E-state index in [-0.39, 0.29) is 17.4 Å². The molecule has 128 valence electrons. The van der Waals surface area contributed by atoms with Crippen LogP contribution in [-0.4, -0.2) is 62.9 Å². The molecule has 2 N–H and O–H groups in total. The van der Waals surface area contributed by atoms with Gasteiger partial charge < -0.3 is 20.4 Å². The van der Waals surface area contributed by atoms with E-state index in [1.54, 1.807) is 9.80 Å². The molecule has 0 saturated heterocycles. The summed E-state index contributed by atoms with van der Waals surface area (Å²) in [5, 5.41) is 5.67. The number of carbonyl (C=O) groups is 2. The first-order valence-corrected chi connectivity index (χ1v) is 8.02. The Kier molecular flexibility index (Phi) is 10.1. The lowest BCUT2D eigenvalue weighted by Crippen LogP contribution is -2.40. The second kappa shape index (κ2) is 10.9. The van der Waals surface area contributed by atoms with Gasteiger partial charge in [-0.2, -0.15) is 0 Å². The van der Waals surface area contributed by atoms with E-state index in [2.05, 4.69) is 24.5 Å². The fraction of sp³-hybridized carbons (Fsp3) is 0.750. The summed E-state index contributed by atoms with van der Waals surface area (Å²) < 4.78 is 0. The summed E-state index contributed by atoms with van der Waals surface area (Å²) in [5.41, 5.74) is 0.169. The van der Waals surface area contributed by atoms with Crippen LogP contribution in [0.5, 0.6) is 0 Å². The van der Waals surface area contributed by atoms with Crippen molar-refractivity contribution in [1.29, 1.82) is 0 Å². The van der Waals surface area contributed by atoms with E-state index in [9.17, 15) is 9.59 Å². The minimum absolute atomic E-state index is 0.169. The third-order valence-corrected chi connectivity index (χ3v) is 3.16. The molecule has 0 aromatic carbocycles. The summed E-state index contributed by atoms with van der Waals surface area (Å²) >= 11 is 0. The minimum atomic E-state index is -0.320. The van der Waals surface area contributed by atoms with Gasteiger partial charge in [-0.1, -0.05) is 26.7 Å². The van der Waals surface area contributed by atoms with Gasteiger partial charge in [0.05, 0.1) is 0 Å². The molecule has 0 aromatic heterocycles. The molecule has 0 radical (unpaired) electrons. The van der Waals surface area contributed by atoms with Crippen molar-refractivity contribution in [2.45, 2.75) is 39.5 Å². The van der Waals surface area contributed by atoms with E-state index in [0.717, 1.165) is 25.7 Å². The summed E-state index contributed by atoms with van der Waals surface area (Å²) in [4.78, 5) is 28.5. The highest BCUT2D eigenvalue weighted by molar-refractivity contribution is 6.18. The molecule has 6 nitrogen and oxygen atoms in total. The third-order valence-electron chi connectivity index (χ3n) is 3.16. The highest BCUT2D eigenvalue weighted by Crippen LogP contribution is 2.11. The smallest absolute Gasteiger partial charge is 0.260 e. The van der Waals surface area contributed by atoms with Crippen molar-refractivity contribution in [3.05, 3.63) is 11.4 Å². The fourth-order valence-electron chi connectivity index (χ4n) is 2.09. The zero-order valence-corrected chi connectivity index (χ0v) is 15.0. The molecule has 0 aliphatic heterocycles. The van der Waals surface area contributed by atoms with E-state index in [0.29, 0.717) is 18.9 Å². The maximum atomic E-state index is 12.5. The number of carbonyl (C=O) groups excluding carboxylic acids is 2. The van der Waals surface area contributed by atoms with Crippen LogP contribution in [0.25, 0.3) is 0 Å². The van der Waals surface area contributed by atoms with Crippen LogP contribution >= 0.6 is 0 Å². The first kappa shape index (κ1) is 20.3. The van der Waals surface area contributed by atoms with Crippen LogP contribution in [0.1, 0.15) is 39.5 Å². The monoisotopic (exact) mass is 312 g/mol. The summed E-state index contributed by atoms with van der Waals surface area (Å²) in [5.74, 6) is -0.0392. The molecule has 0 heterocycles. The van der Waals surface area contributed by atoms with Gasteiger partial charge in [-0.15, -0.1) is 0 Å². The van der Waals surface area contributed by atoms with Gasteiger partial charge in [0.1, 0.15) is 11.4 Å². The second-order valence-electron chi connectivity index (χ2n) is 5.71. The van der Waals surface area contributed by atoms with E-state index in [4.69, 9.17) is 0 Å². The second-order valence-corrected chi connectivity index (χ2v) is 5.71. The van der Waals surface area contributed by atoms with Crippen LogP contribution in [0.4, 0.5) is 0 Å². The van der Waals surface area contributed by atoms with Gasteiger partial charge in [-0.05, 0) is 12.8 Å². The zero-order valence-electron chi connectivity index (χ0n) is 15.0. The van der Waals surface area contributed by atoms with Crippen molar-refractivity contribution in [1.82, 2.24) is 20.4 Å². The van der Waals surface area contributed by atoms with Crippen LogP contribution < -0.4 is 10.6 Å². The van der Waals surface area contributed by atoms with Gasteiger partial charge >= 0.3 is 0 Å². The van der Waals surface area contributed by atoms with E-state index in [1.165, 1.54) is 0 Å². The van der Waals surface area contributed by atoms with Crippen molar-refractivity contribution in [2.75, 3.05) is 41.3 Å². The normalized spacial score (nSPS) is 9.91. The summed E-state index contributed by atoms with van der Waals surface area (Å²) in [6, 6.07) is 0. The van der Waals surface area contributed by atoms with Crippen LogP contribution in [0.3, 0.4) is 0 Å². The van der Waals surface area contributed by atoms with Gasteiger partial charge in [0, 0.05) is 41.3 Å². The lowest BCUT2D eigenvalue weighted by atomic mass is 10.2. The molecule has 0 unspecified atom stereocenters. The highest BCUT2D eigenvalue weighted by Gasteiger charge is 2.25. The zero-order chi connectivity index (χ0) is 17.1. The molecule has 0 aliphatic carbocycles.